The topological polar surface area (TPSA) is 21.7 Å². The third-order valence-corrected chi connectivity index (χ3v) is 8.05. The van der Waals surface area contributed by atoms with Gasteiger partial charge in [-0.15, -0.1) is 11.3 Å². The third kappa shape index (κ3) is 4.33. The molecule has 0 saturated carbocycles. The van der Waals surface area contributed by atoms with Gasteiger partial charge in [-0.1, -0.05) is 45.9 Å². The number of ether oxygens (including phenoxy) is 2. The summed E-state index contributed by atoms with van der Waals surface area (Å²) in [5.74, 6) is 0. The van der Waals surface area contributed by atoms with Crippen LogP contribution in [0.4, 0.5) is 0 Å². The van der Waals surface area contributed by atoms with Crippen molar-refractivity contribution in [2.75, 3.05) is 39.5 Å². The summed E-state index contributed by atoms with van der Waals surface area (Å²) in [6.45, 7) is 6.10. The molecule has 2 aromatic carbocycles. The van der Waals surface area contributed by atoms with Crippen LogP contribution in [0.5, 0.6) is 0 Å². The molecule has 6 heteroatoms. The lowest BCUT2D eigenvalue weighted by Gasteiger charge is -2.26. The van der Waals surface area contributed by atoms with Crippen molar-refractivity contribution in [2.24, 2.45) is 0 Å². The lowest BCUT2D eigenvalue weighted by Crippen LogP contribution is -2.38. The summed E-state index contributed by atoms with van der Waals surface area (Å²) in [7, 11) is 0. The molecule has 5 rings (SSSR count). The van der Waals surface area contributed by atoms with Gasteiger partial charge in [0, 0.05) is 54.8 Å². The van der Waals surface area contributed by atoms with Gasteiger partial charge >= 0.3 is 0 Å². The Morgan fingerprint density at radius 2 is 1.79 bits per heavy atom. The maximum Gasteiger partial charge on any atom is 0.0810 e. The van der Waals surface area contributed by atoms with Gasteiger partial charge in [0.2, 0.25) is 0 Å². The number of fused-ring (bicyclic) bond motifs is 5. The molecule has 2 aliphatic heterocycles. The second-order valence-corrected chi connectivity index (χ2v) is 10.3. The first kappa shape index (κ1) is 19.8. The largest absolute Gasteiger partial charge is 0.379 e. The van der Waals surface area contributed by atoms with Gasteiger partial charge in [0.1, 0.15) is 0 Å². The smallest absolute Gasteiger partial charge is 0.0810 e. The molecule has 0 unspecified atom stereocenters. The SMILES string of the molecule is Brc1ccc2c(c1)-c1sc(COCCN3CCOCC3)cc1-c1ccccc1S2. The number of hydrogen-bond donors (Lipinski definition) is 0. The van der Waals surface area contributed by atoms with E-state index in [4.69, 9.17) is 9.47 Å². The lowest BCUT2D eigenvalue weighted by molar-refractivity contribution is 0.0183. The highest BCUT2D eigenvalue weighted by Gasteiger charge is 2.22. The minimum atomic E-state index is 0.667. The minimum Gasteiger partial charge on any atom is -0.379 e. The van der Waals surface area contributed by atoms with Crippen LogP contribution in [0.2, 0.25) is 0 Å². The van der Waals surface area contributed by atoms with Crippen molar-refractivity contribution in [1.82, 2.24) is 4.90 Å². The molecule has 0 spiro atoms. The average Bonchev–Trinajstić information content (AvgIpc) is 3.12. The third-order valence-electron chi connectivity index (χ3n) is 5.27. The molecule has 0 N–H and O–H groups in total. The number of thiophene rings is 1. The Bertz CT molecular complexity index is 1010. The fourth-order valence-corrected chi connectivity index (χ4v) is 6.41. The van der Waals surface area contributed by atoms with Crippen LogP contribution >= 0.6 is 39.0 Å². The van der Waals surface area contributed by atoms with Crippen LogP contribution in [0, 0.1) is 0 Å². The molecule has 3 nitrogen and oxygen atoms in total. The average molecular weight is 488 g/mol. The molecule has 150 valence electrons. The van der Waals surface area contributed by atoms with Gasteiger partial charge in [-0.2, -0.15) is 0 Å². The molecule has 1 aromatic heterocycles. The van der Waals surface area contributed by atoms with E-state index in [1.54, 1.807) is 0 Å². The summed E-state index contributed by atoms with van der Waals surface area (Å²) in [6.07, 6.45) is 0. The Morgan fingerprint density at radius 1 is 0.966 bits per heavy atom. The molecule has 1 saturated heterocycles. The number of rotatable bonds is 5. The summed E-state index contributed by atoms with van der Waals surface area (Å²) in [5, 5.41) is 0. The quantitative estimate of drug-likeness (QED) is 0.314. The summed E-state index contributed by atoms with van der Waals surface area (Å²) in [4.78, 5) is 7.65. The van der Waals surface area contributed by atoms with Gasteiger partial charge in [-0.05, 0) is 35.9 Å². The molecule has 3 aromatic rings. The van der Waals surface area contributed by atoms with Gasteiger partial charge < -0.3 is 9.47 Å². The molecule has 1 fully saturated rings. The van der Waals surface area contributed by atoms with Gasteiger partial charge in [-0.3, -0.25) is 4.90 Å². The molecule has 29 heavy (non-hydrogen) atoms. The number of benzene rings is 2. The monoisotopic (exact) mass is 487 g/mol. The highest BCUT2D eigenvalue weighted by Crippen LogP contribution is 2.51. The van der Waals surface area contributed by atoms with E-state index in [-0.39, 0.29) is 0 Å². The van der Waals surface area contributed by atoms with Crippen LogP contribution in [-0.2, 0) is 16.1 Å². The zero-order chi connectivity index (χ0) is 19.6. The second kappa shape index (κ2) is 8.92. The standard InChI is InChI=1S/C23H22BrNO2S2/c24-16-5-6-22-20(13-16)23-19(18-3-1-2-4-21(18)29-22)14-17(28-23)15-27-12-9-25-7-10-26-11-8-25/h1-6,13-14H,7-12,15H2. The Kier molecular flexibility index (Phi) is 6.09. The van der Waals surface area contributed by atoms with Gasteiger partial charge in [0.25, 0.3) is 0 Å². The van der Waals surface area contributed by atoms with Crippen LogP contribution < -0.4 is 0 Å². The zero-order valence-corrected chi connectivity index (χ0v) is 19.2. The first-order chi connectivity index (χ1) is 14.3. The maximum absolute atomic E-state index is 6.04. The Balaban J connectivity index is 1.39. The van der Waals surface area contributed by atoms with Crippen molar-refractivity contribution < 1.29 is 9.47 Å². The number of morpholine rings is 1. The van der Waals surface area contributed by atoms with E-state index >= 15 is 0 Å². The second-order valence-electron chi connectivity index (χ2n) is 7.20. The predicted molar refractivity (Wildman–Crippen MR) is 124 cm³/mol. The summed E-state index contributed by atoms with van der Waals surface area (Å²) >= 11 is 7.37. The Morgan fingerprint density at radius 3 is 2.69 bits per heavy atom. The van der Waals surface area contributed by atoms with E-state index < -0.39 is 0 Å². The van der Waals surface area contributed by atoms with E-state index in [2.05, 4.69) is 69.4 Å². The van der Waals surface area contributed by atoms with E-state index in [1.807, 2.05) is 23.1 Å². The highest BCUT2D eigenvalue weighted by atomic mass is 79.9. The van der Waals surface area contributed by atoms with Crippen LogP contribution in [-0.4, -0.2) is 44.4 Å². The molecule has 0 bridgehead atoms. The number of nitrogens with zero attached hydrogens (tertiary/aromatic N) is 1. The van der Waals surface area contributed by atoms with E-state index in [0.717, 1.165) is 43.9 Å². The molecule has 0 radical (unpaired) electrons. The normalized spacial score (nSPS) is 16.0. The van der Waals surface area contributed by atoms with Gasteiger partial charge in [0.15, 0.2) is 0 Å². The molecule has 3 heterocycles. The Labute approximate surface area is 188 Å². The molecule has 0 aliphatic carbocycles. The van der Waals surface area contributed by atoms with Crippen LogP contribution in [0.1, 0.15) is 4.88 Å². The van der Waals surface area contributed by atoms with E-state index in [9.17, 15) is 0 Å². The highest BCUT2D eigenvalue weighted by molar-refractivity contribution is 9.10. The molecular weight excluding hydrogens is 466 g/mol. The molecule has 0 amide bonds. The maximum atomic E-state index is 6.04. The Hall–Kier alpha value is -1.15. The molecular formula is C23H22BrNO2S2. The molecule has 0 atom stereocenters. The lowest BCUT2D eigenvalue weighted by atomic mass is 10.0. The van der Waals surface area contributed by atoms with Crippen molar-refractivity contribution >= 4 is 39.0 Å². The summed E-state index contributed by atoms with van der Waals surface area (Å²) < 4.78 is 12.6. The van der Waals surface area contributed by atoms with Crippen molar-refractivity contribution in [3.05, 3.63) is 57.9 Å². The fraction of sp³-hybridized carbons (Fsp3) is 0.304. The fourth-order valence-electron chi connectivity index (χ4n) is 3.77. The zero-order valence-electron chi connectivity index (χ0n) is 16.0. The van der Waals surface area contributed by atoms with Crippen LogP contribution in [0.3, 0.4) is 0 Å². The van der Waals surface area contributed by atoms with Gasteiger partial charge in [-0.25, -0.2) is 0 Å². The number of halogens is 1. The minimum absolute atomic E-state index is 0.667. The predicted octanol–water partition coefficient (Wildman–Crippen LogP) is 6.16. The summed E-state index contributed by atoms with van der Waals surface area (Å²) in [5.41, 5.74) is 3.94. The molecule has 2 aliphatic rings. The van der Waals surface area contributed by atoms with Crippen molar-refractivity contribution in [3.63, 3.8) is 0 Å². The summed E-state index contributed by atoms with van der Waals surface area (Å²) in [6, 6.07) is 17.6. The first-order valence-corrected chi connectivity index (χ1v) is 12.3. The van der Waals surface area contributed by atoms with Crippen molar-refractivity contribution in [1.29, 1.82) is 0 Å². The number of hydrogen-bond acceptors (Lipinski definition) is 5. The van der Waals surface area contributed by atoms with Crippen LogP contribution in [0.15, 0.2) is 62.8 Å². The van der Waals surface area contributed by atoms with Crippen LogP contribution in [0.25, 0.3) is 21.6 Å². The van der Waals surface area contributed by atoms with Crippen molar-refractivity contribution in [3.8, 4) is 21.6 Å². The van der Waals surface area contributed by atoms with Gasteiger partial charge in [0.05, 0.1) is 26.4 Å². The first-order valence-electron chi connectivity index (χ1n) is 9.86. The van der Waals surface area contributed by atoms with Crippen molar-refractivity contribution in [2.45, 2.75) is 16.4 Å². The van der Waals surface area contributed by atoms with E-state index in [0.29, 0.717) is 6.61 Å². The van der Waals surface area contributed by atoms with E-state index in [1.165, 1.54) is 36.2 Å².